The molecule has 3 aliphatic heterocycles. The van der Waals surface area contributed by atoms with Crippen LogP contribution in [0.3, 0.4) is 0 Å². The first-order chi connectivity index (χ1) is 31.4. The van der Waals surface area contributed by atoms with Crippen molar-refractivity contribution in [3.63, 3.8) is 0 Å². The molecule has 3 heterocycles. The van der Waals surface area contributed by atoms with Crippen molar-refractivity contribution in [2.75, 3.05) is 13.2 Å². The molecule has 13 nitrogen and oxygen atoms in total. The van der Waals surface area contributed by atoms with Gasteiger partial charge in [-0.25, -0.2) is 14.0 Å². The zero-order chi connectivity index (χ0) is 46.8. The van der Waals surface area contributed by atoms with E-state index in [2.05, 4.69) is 38.3 Å². The fraction of sp³-hybridized carbons (Fsp3) is 0.686. The smallest absolute Gasteiger partial charge is 0.446 e. The number of nitrogens with one attached hydrogen (secondary N) is 2. The van der Waals surface area contributed by atoms with Crippen molar-refractivity contribution >= 4 is 31.1 Å². The van der Waals surface area contributed by atoms with Gasteiger partial charge in [-0.15, -0.1) is 0 Å². The molecule has 2 N–H and O–H groups in total. The number of likely N-dealkylation sites (tertiary alicyclic amines) is 1. The molecule has 66 heavy (non-hydrogen) atoms. The largest absolute Gasteiger partial charge is 0.482 e. The standard InChI is InChI=1S/C51H70BFN4O9/c1-31-26-51(31,21-14-22-62-30-32-15-9-8-10-16-32)45(52-65-41-24-34-23-40(49(34,5)6)50(41,7)66-52)55-43(58)39-25-36(64-47(61)56-27-33-17-13-20-38(53)37(33)29-56)28-57(39)44(59)42(48(2,3)4)54-46(60)63-35-18-11-12-19-35/h8-10,13,15-17,20,31,34-36,39-42,45H,11-12,14,18-19,21-30H2,1-7H3,(H,54,60)(H,55,58)/t31?,34-,36+,39-,40-,41+,42+,45-,50-,51?/m0/s1. The Labute approximate surface area is 390 Å². The van der Waals surface area contributed by atoms with Crippen LogP contribution in [0, 0.1) is 39.8 Å². The number of hydrogen-bond acceptors (Lipinski definition) is 9. The predicted molar refractivity (Wildman–Crippen MR) is 245 cm³/mol. The lowest BCUT2D eigenvalue weighted by atomic mass is 9.43. The minimum Gasteiger partial charge on any atom is -0.446 e. The zero-order valence-electron chi connectivity index (χ0n) is 39.9. The van der Waals surface area contributed by atoms with Gasteiger partial charge in [-0.3, -0.25) is 14.5 Å². The molecule has 7 fully saturated rings. The molecule has 5 saturated carbocycles. The number of rotatable bonds is 14. The lowest BCUT2D eigenvalue weighted by molar-refractivity contribution is -0.199. The van der Waals surface area contributed by atoms with Crippen molar-refractivity contribution < 1.29 is 47.1 Å². The van der Waals surface area contributed by atoms with E-state index in [9.17, 15) is 18.8 Å². The van der Waals surface area contributed by atoms with Crippen LogP contribution in [0.5, 0.6) is 0 Å². The van der Waals surface area contributed by atoms with Crippen molar-refractivity contribution in [1.82, 2.24) is 20.4 Å². The molecule has 0 spiro atoms. The van der Waals surface area contributed by atoms with E-state index in [0.717, 1.165) is 63.4 Å². The Morgan fingerprint density at radius 1 is 0.939 bits per heavy atom. The van der Waals surface area contributed by atoms with Crippen LogP contribution in [0.4, 0.5) is 14.0 Å². The summed E-state index contributed by atoms with van der Waals surface area (Å²) < 4.78 is 46.8. The van der Waals surface area contributed by atoms with Crippen LogP contribution >= 0.6 is 0 Å². The number of carbonyl (C=O) groups excluding carboxylic acids is 4. The van der Waals surface area contributed by atoms with Crippen LogP contribution in [-0.2, 0) is 52.8 Å². The fourth-order valence-corrected chi connectivity index (χ4v) is 12.7. The van der Waals surface area contributed by atoms with E-state index in [1.54, 1.807) is 12.1 Å². The Morgan fingerprint density at radius 2 is 1.68 bits per heavy atom. The van der Waals surface area contributed by atoms with Crippen molar-refractivity contribution in [2.45, 2.75) is 174 Å². The Bertz CT molecular complexity index is 2150. The molecule has 0 radical (unpaired) electrons. The van der Waals surface area contributed by atoms with E-state index >= 15 is 4.79 Å². The van der Waals surface area contributed by atoms with Gasteiger partial charge in [0.25, 0.3) is 0 Å². The minimum atomic E-state index is -1.06. The number of carbonyl (C=O) groups is 4. The predicted octanol–water partition coefficient (Wildman–Crippen LogP) is 8.11. The van der Waals surface area contributed by atoms with Crippen LogP contribution in [0.15, 0.2) is 48.5 Å². The Hall–Kier alpha value is -4.21. The Morgan fingerprint density at radius 3 is 2.36 bits per heavy atom. The molecular weight excluding hydrogens is 842 g/mol. The number of hydrogen-bond donors (Lipinski definition) is 2. The van der Waals surface area contributed by atoms with Crippen LogP contribution in [0.2, 0.25) is 0 Å². The highest BCUT2D eigenvalue weighted by atomic mass is 19.1. The summed E-state index contributed by atoms with van der Waals surface area (Å²) in [6, 6.07) is 12.8. The molecule has 2 bridgehead atoms. The van der Waals surface area contributed by atoms with E-state index in [-0.39, 0.29) is 60.8 Å². The third-order valence-corrected chi connectivity index (χ3v) is 17.0. The average molecular weight is 913 g/mol. The highest BCUT2D eigenvalue weighted by molar-refractivity contribution is 6.48. The quantitative estimate of drug-likeness (QED) is 0.142. The van der Waals surface area contributed by atoms with Crippen LogP contribution < -0.4 is 10.6 Å². The van der Waals surface area contributed by atoms with Crippen molar-refractivity contribution in [1.29, 1.82) is 0 Å². The lowest BCUT2D eigenvalue weighted by Crippen LogP contribution is -2.65. The normalized spacial score (nSPS) is 31.7. The van der Waals surface area contributed by atoms with Crippen molar-refractivity contribution in [3.8, 4) is 0 Å². The third-order valence-electron chi connectivity index (χ3n) is 17.0. The van der Waals surface area contributed by atoms with E-state index in [4.69, 9.17) is 23.5 Å². The molecule has 4 amide bonds. The van der Waals surface area contributed by atoms with Crippen LogP contribution in [-0.4, -0.2) is 96.0 Å². The number of halogens is 1. The number of fused-ring (bicyclic) bond motifs is 1. The molecule has 2 aromatic rings. The van der Waals surface area contributed by atoms with Crippen molar-refractivity contribution in [2.24, 2.45) is 34.0 Å². The van der Waals surface area contributed by atoms with E-state index in [1.165, 1.54) is 15.9 Å². The van der Waals surface area contributed by atoms with Gasteiger partial charge in [0.15, 0.2) is 0 Å². The summed E-state index contributed by atoms with van der Waals surface area (Å²) in [5.74, 6) is -0.714. The van der Waals surface area contributed by atoms with Gasteiger partial charge in [-0.2, -0.15) is 0 Å². The number of benzene rings is 2. The van der Waals surface area contributed by atoms with E-state index in [0.29, 0.717) is 36.2 Å². The molecule has 10 rings (SSSR count). The Kier molecular flexibility index (Phi) is 12.8. The lowest BCUT2D eigenvalue weighted by Gasteiger charge is -2.64. The van der Waals surface area contributed by atoms with Gasteiger partial charge in [0, 0.05) is 25.1 Å². The topological polar surface area (TPSA) is 145 Å². The van der Waals surface area contributed by atoms with Gasteiger partial charge in [-0.05, 0) is 116 Å². The second-order valence-corrected chi connectivity index (χ2v) is 22.5. The first kappa shape index (κ1) is 46.9. The number of nitrogens with zero attached hydrogens (tertiary/aromatic N) is 2. The maximum Gasteiger partial charge on any atom is 0.482 e. The molecule has 15 heteroatoms. The first-order valence-electron chi connectivity index (χ1n) is 24.6. The van der Waals surface area contributed by atoms with Gasteiger partial charge in [0.1, 0.15) is 30.1 Å². The summed E-state index contributed by atoms with van der Waals surface area (Å²) in [6.07, 6.45) is 5.35. The minimum absolute atomic E-state index is 0.0229. The molecule has 5 aliphatic carbocycles. The Balaban J connectivity index is 0.970. The summed E-state index contributed by atoms with van der Waals surface area (Å²) >= 11 is 0. The van der Waals surface area contributed by atoms with Crippen LogP contribution in [0.1, 0.15) is 129 Å². The van der Waals surface area contributed by atoms with Gasteiger partial charge in [0.2, 0.25) is 11.8 Å². The number of ether oxygens (including phenoxy) is 3. The second-order valence-electron chi connectivity index (χ2n) is 22.5. The molecular formula is C51H70BFN4O9. The van der Waals surface area contributed by atoms with Crippen molar-refractivity contribution in [3.05, 3.63) is 71.0 Å². The number of alkyl carbamates (subject to hydrolysis) is 1. The van der Waals surface area contributed by atoms with Gasteiger partial charge >= 0.3 is 19.3 Å². The number of amides is 4. The van der Waals surface area contributed by atoms with Gasteiger partial charge in [0.05, 0.1) is 37.3 Å². The highest BCUT2D eigenvalue weighted by Crippen LogP contribution is 2.67. The van der Waals surface area contributed by atoms with Crippen LogP contribution in [0.25, 0.3) is 0 Å². The molecule has 2 aromatic carbocycles. The first-order valence-corrected chi connectivity index (χ1v) is 24.6. The summed E-state index contributed by atoms with van der Waals surface area (Å²) in [5, 5.41) is 6.31. The van der Waals surface area contributed by atoms with Gasteiger partial charge in [-0.1, -0.05) is 84.0 Å². The summed E-state index contributed by atoms with van der Waals surface area (Å²) in [7, 11) is -0.722. The monoisotopic (exact) mass is 913 g/mol. The van der Waals surface area contributed by atoms with Gasteiger partial charge < -0.3 is 39.1 Å². The van der Waals surface area contributed by atoms with E-state index < -0.39 is 66.3 Å². The fourth-order valence-electron chi connectivity index (χ4n) is 12.7. The second kappa shape index (κ2) is 18.0. The zero-order valence-corrected chi connectivity index (χ0v) is 39.9. The summed E-state index contributed by atoms with van der Waals surface area (Å²) in [6.45, 7) is 15.8. The molecule has 358 valence electrons. The SMILES string of the molecule is CC1CC1(CCCOCc1ccccc1)[C@H](NC(=O)[C@@H]1C[C@@H](OC(=O)N2Cc3cccc(F)c3C2)CN1C(=O)[C@@H](NC(=O)OC1CCCC1)C(C)(C)C)B1O[C@@H]2C[C@@H]3C[C@@H](C3(C)C)[C@]2(C)O1. The average Bonchev–Trinajstić information content (AvgIpc) is 3.87. The maximum atomic E-state index is 15.3. The molecule has 0 aromatic heterocycles. The molecule has 2 saturated heterocycles. The highest BCUT2D eigenvalue weighted by Gasteiger charge is 2.71. The maximum absolute atomic E-state index is 15.3. The molecule has 2 unspecified atom stereocenters. The molecule has 10 atom stereocenters. The van der Waals surface area contributed by atoms with E-state index in [1.807, 2.05) is 51.1 Å². The summed E-state index contributed by atoms with van der Waals surface area (Å²) in [5.41, 5.74) is 0.716. The molecule has 8 aliphatic rings. The third kappa shape index (κ3) is 8.97. The summed E-state index contributed by atoms with van der Waals surface area (Å²) in [4.78, 5) is 60.3.